The van der Waals surface area contributed by atoms with E-state index in [9.17, 15) is 14.4 Å². The van der Waals surface area contributed by atoms with Gasteiger partial charge in [0, 0.05) is 19.3 Å². The van der Waals surface area contributed by atoms with Crippen molar-refractivity contribution in [1.82, 2.24) is 20.5 Å². The van der Waals surface area contributed by atoms with Crippen LogP contribution in [0.1, 0.15) is 56.2 Å². The summed E-state index contributed by atoms with van der Waals surface area (Å²) >= 11 is 0. The maximum absolute atomic E-state index is 13.6. The summed E-state index contributed by atoms with van der Waals surface area (Å²) in [7, 11) is 1.32. The van der Waals surface area contributed by atoms with Crippen molar-refractivity contribution in [2.24, 2.45) is 11.7 Å². The summed E-state index contributed by atoms with van der Waals surface area (Å²) < 4.78 is 4.74. The van der Waals surface area contributed by atoms with E-state index in [0.717, 1.165) is 31.2 Å². The Morgan fingerprint density at radius 2 is 2.00 bits per heavy atom. The number of amidine groups is 1. The van der Waals surface area contributed by atoms with Crippen LogP contribution in [0, 0.1) is 11.3 Å². The van der Waals surface area contributed by atoms with Gasteiger partial charge in [-0.05, 0) is 30.4 Å². The topological polar surface area (TPSA) is 150 Å². The minimum atomic E-state index is -0.634. The third kappa shape index (κ3) is 7.61. The molecule has 0 saturated heterocycles. The molecule has 1 fully saturated rings. The molecule has 1 aromatic heterocycles. The summed E-state index contributed by atoms with van der Waals surface area (Å²) in [5.41, 5.74) is 6.57. The molecule has 5 N–H and O–H groups in total. The highest BCUT2D eigenvalue weighted by Crippen LogP contribution is 2.28. The van der Waals surface area contributed by atoms with Gasteiger partial charge in [0.05, 0.1) is 19.7 Å². The number of esters is 1. The first-order chi connectivity index (χ1) is 16.9. The van der Waals surface area contributed by atoms with E-state index in [1.807, 2.05) is 12.2 Å². The molecule has 0 radical (unpaired) electrons. The van der Waals surface area contributed by atoms with Crippen molar-refractivity contribution < 1.29 is 19.1 Å². The molecule has 0 bridgehead atoms. The van der Waals surface area contributed by atoms with Gasteiger partial charge in [0.15, 0.2) is 0 Å². The molecule has 2 aliphatic rings. The summed E-state index contributed by atoms with van der Waals surface area (Å²) in [5, 5.41) is 13.4. The van der Waals surface area contributed by atoms with Gasteiger partial charge in [0.2, 0.25) is 11.8 Å². The molecule has 2 amide bonds. The molecule has 1 aromatic rings. The number of ether oxygens (including phenoxy) is 1. The van der Waals surface area contributed by atoms with Gasteiger partial charge in [0.25, 0.3) is 0 Å². The van der Waals surface area contributed by atoms with E-state index in [2.05, 4.69) is 15.6 Å². The number of nitrogen functional groups attached to an aromatic ring is 1. The Hall–Kier alpha value is -3.27. The van der Waals surface area contributed by atoms with Crippen molar-refractivity contribution in [2.45, 2.75) is 63.6 Å². The van der Waals surface area contributed by atoms with Gasteiger partial charge in [-0.15, -0.1) is 0 Å². The van der Waals surface area contributed by atoms with Crippen molar-refractivity contribution in [3.05, 3.63) is 41.7 Å². The van der Waals surface area contributed by atoms with Crippen LogP contribution in [-0.4, -0.2) is 65.8 Å². The third-order valence-electron chi connectivity index (χ3n) is 6.67. The predicted octanol–water partition coefficient (Wildman–Crippen LogP) is 1.24. The predicted molar refractivity (Wildman–Crippen MR) is 131 cm³/mol. The molecule has 2 atom stereocenters. The molecular weight excluding hydrogens is 448 g/mol. The summed E-state index contributed by atoms with van der Waals surface area (Å²) in [6.07, 6.45) is 12.1. The summed E-state index contributed by atoms with van der Waals surface area (Å²) in [5.74, 6) is -0.545. The molecule has 1 aliphatic carbocycles. The number of hydrogen-bond acceptors (Lipinski definition) is 7. The molecule has 0 aromatic carbocycles. The SMILES string of the molecule is COC(=O)CNC(CC1CCCCC1)C(=O)N1CC=CCC1C(=O)NCc1ccc(C(=N)N)nc1. The number of amides is 2. The molecule has 10 heteroatoms. The fourth-order valence-electron chi connectivity index (χ4n) is 4.66. The summed E-state index contributed by atoms with van der Waals surface area (Å²) in [6, 6.07) is 2.20. The maximum atomic E-state index is 13.6. The lowest BCUT2D eigenvalue weighted by atomic mass is 9.84. The van der Waals surface area contributed by atoms with Crippen LogP contribution in [0.4, 0.5) is 0 Å². The van der Waals surface area contributed by atoms with E-state index >= 15 is 0 Å². The van der Waals surface area contributed by atoms with Gasteiger partial charge in [-0.25, -0.2) is 0 Å². The lowest BCUT2D eigenvalue weighted by Gasteiger charge is -2.36. The highest BCUT2D eigenvalue weighted by Gasteiger charge is 2.35. The van der Waals surface area contributed by atoms with Gasteiger partial charge in [-0.1, -0.05) is 50.3 Å². The van der Waals surface area contributed by atoms with Gasteiger partial charge >= 0.3 is 5.97 Å². The second-order valence-corrected chi connectivity index (χ2v) is 9.15. The lowest BCUT2D eigenvalue weighted by molar-refractivity contribution is -0.143. The lowest BCUT2D eigenvalue weighted by Crippen LogP contribution is -2.56. The largest absolute Gasteiger partial charge is 0.468 e. The quantitative estimate of drug-likeness (QED) is 0.169. The van der Waals surface area contributed by atoms with Crippen LogP contribution in [0.5, 0.6) is 0 Å². The maximum Gasteiger partial charge on any atom is 0.319 e. The molecule has 2 heterocycles. The molecule has 2 unspecified atom stereocenters. The molecule has 1 saturated carbocycles. The normalized spacial score (nSPS) is 19.1. The van der Waals surface area contributed by atoms with Crippen LogP contribution >= 0.6 is 0 Å². The number of hydrogen-bond donors (Lipinski definition) is 4. The fraction of sp³-hybridized carbons (Fsp3) is 0.560. The van der Waals surface area contributed by atoms with E-state index in [-0.39, 0.29) is 30.7 Å². The first-order valence-corrected chi connectivity index (χ1v) is 12.2. The minimum absolute atomic E-state index is 0.0522. The molecule has 35 heavy (non-hydrogen) atoms. The molecule has 1 aliphatic heterocycles. The van der Waals surface area contributed by atoms with E-state index in [1.54, 1.807) is 23.2 Å². The number of nitrogens with one attached hydrogen (secondary N) is 3. The fourth-order valence-corrected chi connectivity index (χ4v) is 4.66. The van der Waals surface area contributed by atoms with Crippen LogP contribution in [-0.2, 0) is 25.7 Å². The van der Waals surface area contributed by atoms with E-state index < -0.39 is 18.1 Å². The van der Waals surface area contributed by atoms with Gasteiger partial charge < -0.3 is 20.7 Å². The number of nitrogens with two attached hydrogens (primary N) is 1. The second kappa shape index (κ2) is 13.0. The monoisotopic (exact) mass is 484 g/mol. The highest BCUT2D eigenvalue weighted by molar-refractivity contribution is 5.93. The number of nitrogens with zero attached hydrogens (tertiary/aromatic N) is 2. The van der Waals surface area contributed by atoms with Crippen LogP contribution < -0.4 is 16.4 Å². The van der Waals surface area contributed by atoms with Crippen molar-refractivity contribution in [2.75, 3.05) is 20.2 Å². The number of pyridine rings is 1. The Balaban J connectivity index is 1.66. The molecule has 190 valence electrons. The van der Waals surface area contributed by atoms with Gasteiger partial charge in [0.1, 0.15) is 17.6 Å². The first kappa shape index (κ1) is 26.3. The zero-order chi connectivity index (χ0) is 25.2. The number of carbonyl (C=O) groups excluding carboxylic acids is 3. The molecular formula is C25H36N6O4. The van der Waals surface area contributed by atoms with Crippen molar-refractivity contribution in [3.8, 4) is 0 Å². The van der Waals surface area contributed by atoms with Crippen LogP contribution in [0.2, 0.25) is 0 Å². The van der Waals surface area contributed by atoms with Gasteiger partial charge in [-0.2, -0.15) is 0 Å². The van der Waals surface area contributed by atoms with E-state index in [1.165, 1.54) is 13.5 Å². The smallest absolute Gasteiger partial charge is 0.319 e. The number of methoxy groups -OCH3 is 1. The van der Waals surface area contributed by atoms with Crippen molar-refractivity contribution >= 4 is 23.6 Å². The van der Waals surface area contributed by atoms with Crippen LogP contribution in [0.15, 0.2) is 30.5 Å². The third-order valence-corrected chi connectivity index (χ3v) is 6.67. The number of aromatic nitrogens is 1. The van der Waals surface area contributed by atoms with Crippen molar-refractivity contribution in [1.29, 1.82) is 5.41 Å². The van der Waals surface area contributed by atoms with Gasteiger partial charge in [-0.3, -0.25) is 30.1 Å². The number of rotatable bonds is 10. The average molecular weight is 485 g/mol. The highest BCUT2D eigenvalue weighted by atomic mass is 16.5. The number of carbonyl (C=O) groups is 3. The minimum Gasteiger partial charge on any atom is -0.468 e. The summed E-state index contributed by atoms with van der Waals surface area (Å²) in [4.78, 5) is 44.2. The first-order valence-electron chi connectivity index (χ1n) is 12.2. The molecule has 3 rings (SSSR count). The average Bonchev–Trinajstić information content (AvgIpc) is 2.89. The zero-order valence-corrected chi connectivity index (χ0v) is 20.3. The Bertz CT molecular complexity index is 926. The molecule has 10 nitrogen and oxygen atoms in total. The Morgan fingerprint density at radius 3 is 2.66 bits per heavy atom. The van der Waals surface area contributed by atoms with E-state index in [0.29, 0.717) is 31.0 Å². The second-order valence-electron chi connectivity index (χ2n) is 9.15. The standard InChI is InChI=1S/C25H36N6O4/c1-35-22(32)16-29-20(13-17-7-3-2-4-8-17)25(34)31-12-6-5-9-21(31)24(33)30-15-18-10-11-19(23(26)27)28-14-18/h5-6,10-11,14,17,20-21,29H,2-4,7-9,12-13,15-16H2,1H3,(H3,26,27)(H,30,33). The Labute approximate surface area is 206 Å². The van der Waals surface area contributed by atoms with Crippen LogP contribution in [0.25, 0.3) is 0 Å². The van der Waals surface area contributed by atoms with E-state index in [4.69, 9.17) is 15.9 Å². The Kier molecular flexibility index (Phi) is 9.77. The summed E-state index contributed by atoms with van der Waals surface area (Å²) in [6.45, 7) is 0.536. The molecule has 0 spiro atoms. The van der Waals surface area contributed by atoms with Crippen molar-refractivity contribution in [3.63, 3.8) is 0 Å². The van der Waals surface area contributed by atoms with Crippen LogP contribution in [0.3, 0.4) is 0 Å². The Morgan fingerprint density at radius 1 is 1.23 bits per heavy atom. The zero-order valence-electron chi connectivity index (χ0n) is 20.3.